The van der Waals surface area contributed by atoms with Gasteiger partial charge in [0.15, 0.2) is 0 Å². The first-order valence-corrected chi connectivity index (χ1v) is 9.89. The van der Waals surface area contributed by atoms with E-state index in [9.17, 15) is 9.59 Å². The third-order valence-electron chi connectivity index (χ3n) is 5.80. The third-order valence-corrected chi connectivity index (χ3v) is 5.80. The highest BCUT2D eigenvalue weighted by Gasteiger charge is 2.29. The first kappa shape index (κ1) is 18.5. The van der Waals surface area contributed by atoms with Crippen LogP contribution in [0.5, 0.6) is 5.75 Å². The molecule has 3 heterocycles. The number of carbonyl (C=O) groups excluding carboxylic acids is 2. The van der Waals surface area contributed by atoms with Crippen LogP contribution in [0.4, 0.5) is 0 Å². The van der Waals surface area contributed by atoms with E-state index in [2.05, 4.69) is 16.3 Å². The monoisotopic (exact) mass is 382 g/mol. The number of aromatic amines is 1. The van der Waals surface area contributed by atoms with Gasteiger partial charge in [-0.3, -0.25) is 14.7 Å². The lowest BCUT2D eigenvalue weighted by atomic mass is 9.89. The number of likely N-dealkylation sites (tertiary alicyclic amines) is 2. The fraction of sp³-hybridized carbons (Fsp3) is 0.476. The second-order valence-corrected chi connectivity index (χ2v) is 7.50. The maximum atomic E-state index is 12.5. The van der Waals surface area contributed by atoms with Crippen molar-refractivity contribution in [3.63, 3.8) is 0 Å². The minimum atomic E-state index is 0.0614. The van der Waals surface area contributed by atoms with Crippen LogP contribution < -0.4 is 4.74 Å². The summed E-state index contributed by atoms with van der Waals surface area (Å²) in [6.45, 7) is 2.35. The number of nitrogens with one attached hydrogen (secondary N) is 1. The topological polar surface area (TPSA) is 78.5 Å². The highest BCUT2D eigenvalue weighted by molar-refractivity contribution is 5.86. The lowest BCUT2D eigenvalue weighted by Crippen LogP contribution is -2.44. The molecule has 2 fully saturated rings. The van der Waals surface area contributed by atoms with E-state index in [0.29, 0.717) is 32.0 Å². The van der Waals surface area contributed by atoms with Gasteiger partial charge in [0.2, 0.25) is 11.8 Å². The van der Waals surface area contributed by atoms with Crippen molar-refractivity contribution in [2.75, 3.05) is 33.3 Å². The van der Waals surface area contributed by atoms with Gasteiger partial charge in [0, 0.05) is 43.2 Å². The summed E-state index contributed by atoms with van der Waals surface area (Å²) in [5.74, 6) is 1.32. The first-order valence-electron chi connectivity index (χ1n) is 9.89. The summed E-state index contributed by atoms with van der Waals surface area (Å²) < 4.78 is 5.34. The van der Waals surface area contributed by atoms with E-state index < -0.39 is 0 Å². The Morgan fingerprint density at radius 3 is 2.82 bits per heavy atom. The van der Waals surface area contributed by atoms with Crippen molar-refractivity contribution >= 4 is 11.8 Å². The number of benzene rings is 1. The average molecular weight is 382 g/mol. The van der Waals surface area contributed by atoms with Crippen molar-refractivity contribution in [3.05, 3.63) is 36.2 Å². The lowest BCUT2D eigenvalue weighted by molar-refractivity contribution is -0.139. The van der Waals surface area contributed by atoms with Gasteiger partial charge in [-0.05, 0) is 37.0 Å². The molecular weight excluding hydrogens is 356 g/mol. The van der Waals surface area contributed by atoms with Gasteiger partial charge >= 0.3 is 0 Å². The van der Waals surface area contributed by atoms with Crippen LogP contribution in [0.15, 0.2) is 30.5 Å². The van der Waals surface area contributed by atoms with Gasteiger partial charge in [-0.2, -0.15) is 5.10 Å². The standard InChI is InChI=1S/C21H26N4O3/c1-28-17-5-2-4-16(12-17)18-13-22-23-21(18)15-7-10-24(11-8-15)20(27)14-25-9-3-6-19(25)26/h2,4-5,12-13,15H,3,6-11,14H2,1H3,(H,22,23). The number of piperidine rings is 1. The first-order chi connectivity index (χ1) is 13.7. The molecular formula is C21H26N4O3. The molecule has 0 atom stereocenters. The molecule has 2 aliphatic heterocycles. The Morgan fingerprint density at radius 1 is 1.29 bits per heavy atom. The molecule has 2 saturated heterocycles. The molecule has 2 aromatic rings. The molecule has 0 unspecified atom stereocenters. The molecule has 0 bridgehead atoms. The van der Waals surface area contributed by atoms with Gasteiger partial charge in [0.1, 0.15) is 5.75 Å². The van der Waals surface area contributed by atoms with E-state index in [1.54, 1.807) is 12.0 Å². The molecule has 28 heavy (non-hydrogen) atoms. The van der Waals surface area contributed by atoms with Crippen LogP contribution in [0.2, 0.25) is 0 Å². The summed E-state index contributed by atoms with van der Waals surface area (Å²) in [6.07, 6.45) is 5.07. The predicted octanol–water partition coefficient (Wildman–Crippen LogP) is 2.41. The quantitative estimate of drug-likeness (QED) is 0.861. The molecule has 0 spiro atoms. The van der Waals surface area contributed by atoms with Crippen LogP contribution in [-0.2, 0) is 9.59 Å². The van der Waals surface area contributed by atoms with Crippen LogP contribution in [-0.4, -0.2) is 65.1 Å². The maximum absolute atomic E-state index is 12.5. The minimum absolute atomic E-state index is 0.0614. The Bertz CT molecular complexity index is 855. The number of hydrogen-bond donors (Lipinski definition) is 1. The van der Waals surface area contributed by atoms with Gasteiger partial charge in [0.25, 0.3) is 0 Å². The Kier molecular flexibility index (Phi) is 5.32. The van der Waals surface area contributed by atoms with E-state index in [1.807, 2.05) is 29.3 Å². The summed E-state index contributed by atoms with van der Waals surface area (Å²) in [6, 6.07) is 7.98. The van der Waals surface area contributed by atoms with E-state index in [1.165, 1.54) is 0 Å². The third kappa shape index (κ3) is 3.74. The Hall–Kier alpha value is -2.83. The summed E-state index contributed by atoms with van der Waals surface area (Å²) in [4.78, 5) is 27.9. The Morgan fingerprint density at radius 2 is 2.11 bits per heavy atom. The second-order valence-electron chi connectivity index (χ2n) is 7.50. The number of hydrogen-bond acceptors (Lipinski definition) is 4. The lowest BCUT2D eigenvalue weighted by Gasteiger charge is -2.33. The SMILES string of the molecule is COc1cccc(-c2cn[nH]c2C2CCN(C(=O)CN3CCCC3=O)CC2)c1. The summed E-state index contributed by atoms with van der Waals surface area (Å²) >= 11 is 0. The maximum Gasteiger partial charge on any atom is 0.242 e. The number of ether oxygens (including phenoxy) is 1. The number of H-pyrrole nitrogens is 1. The second kappa shape index (κ2) is 8.04. The molecule has 148 valence electrons. The largest absolute Gasteiger partial charge is 0.497 e. The van der Waals surface area contributed by atoms with Crippen LogP contribution >= 0.6 is 0 Å². The molecule has 1 aromatic carbocycles. The molecule has 0 saturated carbocycles. The fourth-order valence-corrected chi connectivity index (χ4v) is 4.18. The molecule has 2 aliphatic rings. The van der Waals surface area contributed by atoms with Crippen molar-refractivity contribution in [2.24, 2.45) is 0 Å². The summed E-state index contributed by atoms with van der Waals surface area (Å²) in [5.41, 5.74) is 3.29. The minimum Gasteiger partial charge on any atom is -0.497 e. The molecule has 4 rings (SSSR count). The summed E-state index contributed by atoms with van der Waals surface area (Å²) in [5, 5.41) is 7.44. The van der Waals surface area contributed by atoms with Crippen LogP contribution in [0.1, 0.15) is 37.3 Å². The predicted molar refractivity (Wildman–Crippen MR) is 105 cm³/mol. The van der Waals surface area contributed by atoms with E-state index in [-0.39, 0.29) is 18.4 Å². The zero-order valence-electron chi connectivity index (χ0n) is 16.2. The van der Waals surface area contributed by atoms with Gasteiger partial charge in [-0.15, -0.1) is 0 Å². The van der Waals surface area contributed by atoms with E-state index in [0.717, 1.165) is 41.8 Å². The van der Waals surface area contributed by atoms with Crippen molar-refractivity contribution in [3.8, 4) is 16.9 Å². The van der Waals surface area contributed by atoms with Gasteiger partial charge < -0.3 is 14.5 Å². The fourth-order valence-electron chi connectivity index (χ4n) is 4.18. The van der Waals surface area contributed by atoms with Crippen molar-refractivity contribution < 1.29 is 14.3 Å². The number of methoxy groups -OCH3 is 1. The Labute approximate surface area is 164 Å². The van der Waals surface area contributed by atoms with Crippen molar-refractivity contribution in [1.82, 2.24) is 20.0 Å². The highest BCUT2D eigenvalue weighted by atomic mass is 16.5. The molecule has 7 nitrogen and oxygen atoms in total. The number of amides is 2. The number of aromatic nitrogens is 2. The van der Waals surface area contributed by atoms with Crippen LogP contribution in [0, 0.1) is 0 Å². The zero-order chi connectivity index (χ0) is 19.5. The molecule has 1 N–H and O–H groups in total. The molecule has 0 radical (unpaired) electrons. The average Bonchev–Trinajstić information content (AvgIpc) is 3.37. The smallest absolute Gasteiger partial charge is 0.242 e. The number of rotatable bonds is 5. The van der Waals surface area contributed by atoms with Gasteiger partial charge in [-0.25, -0.2) is 0 Å². The van der Waals surface area contributed by atoms with Gasteiger partial charge in [0.05, 0.1) is 19.9 Å². The molecule has 1 aromatic heterocycles. The van der Waals surface area contributed by atoms with Crippen molar-refractivity contribution in [2.45, 2.75) is 31.6 Å². The molecule has 2 amide bonds. The summed E-state index contributed by atoms with van der Waals surface area (Å²) in [7, 11) is 1.66. The normalized spacial score (nSPS) is 18.0. The molecule has 0 aliphatic carbocycles. The van der Waals surface area contributed by atoms with Crippen molar-refractivity contribution in [1.29, 1.82) is 0 Å². The highest BCUT2D eigenvalue weighted by Crippen LogP contribution is 2.35. The van der Waals surface area contributed by atoms with Crippen LogP contribution in [0.3, 0.4) is 0 Å². The van der Waals surface area contributed by atoms with Crippen LogP contribution in [0.25, 0.3) is 11.1 Å². The van der Waals surface area contributed by atoms with E-state index >= 15 is 0 Å². The van der Waals surface area contributed by atoms with E-state index in [4.69, 9.17) is 4.74 Å². The number of carbonyl (C=O) groups is 2. The molecule has 7 heteroatoms. The Balaban J connectivity index is 1.40. The van der Waals surface area contributed by atoms with Gasteiger partial charge in [-0.1, -0.05) is 12.1 Å². The number of nitrogens with zero attached hydrogens (tertiary/aromatic N) is 3. The zero-order valence-corrected chi connectivity index (χ0v) is 16.2.